The Morgan fingerprint density at radius 2 is 2.38 bits per heavy atom. The molecule has 0 aromatic carbocycles. The van der Waals surface area contributed by atoms with Crippen LogP contribution in [0.3, 0.4) is 0 Å². The number of methoxy groups -OCH3 is 1. The fourth-order valence-corrected chi connectivity index (χ4v) is 2.48. The minimum absolute atomic E-state index is 0.351. The number of aromatic nitrogens is 1. The first-order chi connectivity index (χ1) is 7.79. The van der Waals surface area contributed by atoms with Gasteiger partial charge >= 0.3 is 0 Å². The molecule has 0 amide bonds. The van der Waals surface area contributed by atoms with E-state index in [0.29, 0.717) is 6.04 Å². The Hall–Kier alpha value is -0.580. The lowest BCUT2D eigenvalue weighted by Crippen LogP contribution is -2.18. The summed E-state index contributed by atoms with van der Waals surface area (Å²) in [5.74, 6) is 0.944. The van der Waals surface area contributed by atoms with E-state index in [2.05, 4.69) is 30.2 Å². The zero-order valence-corrected chi connectivity index (χ0v) is 11.0. The van der Waals surface area contributed by atoms with Crippen molar-refractivity contribution in [2.75, 3.05) is 26.0 Å². The maximum Gasteiger partial charge on any atom is 0.101 e. The maximum absolute atomic E-state index is 5.05. The van der Waals surface area contributed by atoms with Gasteiger partial charge in [0.25, 0.3) is 0 Å². The molecule has 0 saturated heterocycles. The van der Waals surface area contributed by atoms with E-state index in [-0.39, 0.29) is 0 Å². The summed E-state index contributed by atoms with van der Waals surface area (Å²) < 4.78 is 5.05. The predicted octanol–water partition coefficient (Wildman–Crippen LogP) is 2.49. The molecule has 3 nitrogen and oxygen atoms in total. The predicted molar refractivity (Wildman–Crippen MR) is 68.9 cm³/mol. The van der Waals surface area contributed by atoms with E-state index in [1.54, 1.807) is 18.9 Å². The molecular weight excluding hydrogens is 220 g/mol. The monoisotopic (exact) mass is 240 g/mol. The molecule has 0 saturated carbocycles. The molecule has 0 fully saturated rings. The second-order valence-electron chi connectivity index (χ2n) is 3.52. The van der Waals surface area contributed by atoms with Gasteiger partial charge in [-0.15, -0.1) is 11.8 Å². The summed E-state index contributed by atoms with van der Waals surface area (Å²) in [5, 5.41) is 4.51. The zero-order valence-electron chi connectivity index (χ0n) is 10.2. The van der Waals surface area contributed by atoms with Crippen LogP contribution in [0.15, 0.2) is 23.4 Å². The van der Waals surface area contributed by atoms with Gasteiger partial charge in [0.05, 0.1) is 6.61 Å². The Kier molecular flexibility index (Phi) is 6.45. The highest BCUT2D eigenvalue weighted by atomic mass is 32.2. The van der Waals surface area contributed by atoms with Crippen LogP contribution in [0.25, 0.3) is 0 Å². The van der Waals surface area contributed by atoms with Crippen molar-refractivity contribution in [3.63, 3.8) is 0 Å². The number of nitrogens with one attached hydrogen (secondary N) is 1. The van der Waals surface area contributed by atoms with Crippen LogP contribution in [0.2, 0.25) is 0 Å². The Labute approximate surface area is 102 Å². The first kappa shape index (κ1) is 13.5. The molecule has 1 unspecified atom stereocenters. The van der Waals surface area contributed by atoms with Gasteiger partial charge in [-0.3, -0.25) is 0 Å². The summed E-state index contributed by atoms with van der Waals surface area (Å²) in [4.78, 5) is 4.42. The summed E-state index contributed by atoms with van der Waals surface area (Å²) in [7, 11) is 1.72. The largest absolute Gasteiger partial charge is 0.384 e. The summed E-state index contributed by atoms with van der Waals surface area (Å²) in [6, 6.07) is 4.47. The topological polar surface area (TPSA) is 34.2 Å². The quantitative estimate of drug-likeness (QED) is 0.586. The third-order valence-electron chi connectivity index (χ3n) is 2.30. The Bertz CT molecular complexity index is 307. The first-order valence-electron chi connectivity index (χ1n) is 5.59. The average Bonchev–Trinajstić information content (AvgIpc) is 2.30. The van der Waals surface area contributed by atoms with Gasteiger partial charge in [0.1, 0.15) is 5.03 Å². The van der Waals surface area contributed by atoms with E-state index in [0.717, 1.165) is 23.9 Å². The molecule has 0 aliphatic carbocycles. The lowest BCUT2D eigenvalue weighted by atomic mass is 10.1. The van der Waals surface area contributed by atoms with Gasteiger partial charge in [-0.25, -0.2) is 4.98 Å². The second-order valence-corrected chi connectivity index (χ2v) is 4.60. The number of pyridine rings is 1. The number of rotatable bonds is 7. The summed E-state index contributed by atoms with van der Waals surface area (Å²) in [5.41, 5.74) is 1.27. The van der Waals surface area contributed by atoms with Crippen LogP contribution in [0.5, 0.6) is 0 Å². The zero-order chi connectivity index (χ0) is 11.8. The van der Waals surface area contributed by atoms with E-state index < -0.39 is 0 Å². The smallest absolute Gasteiger partial charge is 0.101 e. The molecular formula is C12H20N2OS. The van der Waals surface area contributed by atoms with Crippen LogP contribution in [0, 0.1) is 0 Å². The Morgan fingerprint density at radius 1 is 1.56 bits per heavy atom. The molecule has 1 aromatic rings. The normalized spacial score (nSPS) is 12.7. The van der Waals surface area contributed by atoms with E-state index in [1.807, 2.05) is 12.3 Å². The molecule has 0 aliphatic rings. The molecule has 4 heteroatoms. The van der Waals surface area contributed by atoms with Crippen molar-refractivity contribution in [3.05, 3.63) is 23.9 Å². The third-order valence-corrected chi connectivity index (χ3v) is 3.29. The van der Waals surface area contributed by atoms with Crippen molar-refractivity contribution in [1.82, 2.24) is 10.3 Å². The molecule has 90 valence electrons. The average molecular weight is 240 g/mol. The molecule has 1 aromatic heterocycles. The van der Waals surface area contributed by atoms with Gasteiger partial charge in [-0.1, -0.05) is 13.0 Å². The highest BCUT2D eigenvalue weighted by molar-refractivity contribution is 7.99. The molecule has 1 atom stereocenters. The number of nitrogens with zero attached hydrogens (tertiary/aromatic N) is 1. The molecule has 1 N–H and O–H groups in total. The maximum atomic E-state index is 5.05. The van der Waals surface area contributed by atoms with Crippen molar-refractivity contribution >= 4 is 11.8 Å². The molecule has 1 heterocycles. The SMILES string of the molecule is CCNC(C)c1cccnc1SCCOC. The lowest BCUT2D eigenvalue weighted by molar-refractivity contribution is 0.218. The number of hydrogen-bond acceptors (Lipinski definition) is 4. The van der Waals surface area contributed by atoms with Gasteiger partial charge in [0.15, 0.2) is 0 Å². The minimum atomic E-state index is 0.351. The van der Waals surface area contributed by atoms with Gasteiger partial charge < -0.3 is 10.1 Å². The Morgan fingerprint density at radius 3 is 3.06 bits per heavy atom. The van der Waals surface area contributed by atoms with Crippen LogP contribution >= 0.6 is 11.8 Å². The van der Waals surface area contributed by atoms with Crippen molar-refractivity contribution in [1.29, 1.82) is 0 Å². The molecule has 0 bridgehead atoms. The van der Waals surface area contributed by atoms with Gasteiger partial charge in [0, 0.05) is 30.7 Å². The number of thioether (sulfide) groups is 1. The molecule has 0 spiro atoms. The summed E-state index contributed by atoms with van der Waals surface area (Å²) in [6.45, 7) is 6.01. The van der Waals surface area contributed by atoms with Gasteiger partial charge in [-0.2, -0.15) is 0 Å². The fourth-order valence-electron chi connectivity index (χ4n) is 1.49. The molecule has 16 heavy (non-hydrogen) atoms. The lowest BCUT2D eigenvalue weighted by Gasteiger charge is -2.15. The highest BCUT2D eigenvalue weighted by Gasteiger charge is 2.10. The number of ether oxygens (including phenoxy) is 1. The minimum Gasteiger partial charge on any atom is -0.384 e. The van der Waals surface area contributed by atoms with E-state index in [9.17, 15) is 0 Å². The second kappa shape index (κ2) is 7.65. The Balaban J connectivity index is 2.67. The number of hydrogen-bond donors (Lipinski definition) is 1. The molecule has 0 aliphatic heterocycles. The van der Waals surface area contributed by atoms with Crippen LogP contribution in [-0.4, -0.2) is 31.0 Å². The first-order valence-corrected chi connectivity index (χ1v) is 6.58. The van der Waals surface area contributed by atoms with E-state index in [1.165, 1.54) is 5.56 Å². The van der Waals surface area contributed by atoms with Crippen molar-refractivity contribution < 1.29 is 4.74 Å². The van der Waals surface area contributed by atoms with Crippen LogP contribution in [0.4, 0.5) is 0 Å². The summed E-state index contributed by atoms with van der Waals surface area (Å²) >= 11 is 1.75. The van der Waals surface area contributed by atoms with Crippen LogP contribution in [-0.2, 0) is 4.74 Å². The van der Waals surface area contributed by atoms with E-state index in [4.69, 9.17) is 4.74 Å². The van der Waals surface area contributed by atoms with E-state index >= 15 is 0 Å². The summed E-state index contributed by atoms with van der Waals surface area (Å²) in [6.07, 6.45) is 1.84. The molecule has 1 rings (SSSR count). The molecule has 0 radical (unpaired) electrons. The van der Waals surface area contributed by atoms with Crippen molar-refractivity contribution in [2.24, 2.45) is 0 Å². The van der Waals surface area contributed by atoms with Crippen LogP contribution in [0.1, 0.15) is 25.5 Å². The third kappa shape index (κ3) is 4.12. The fraction of sp³-hybridized carbons (Fsp3) is 0.583. The van der Waals surface area contributed by atoms with Gasteiger partial charge in [-0.05, 0) is 19.5 Å². The highest BCUT2D eigenvalue weighted by Crippen LogP contribution is 2.24. The van der Waals surface area contributed by atoms with Crippen LogP contribution < -0.4 is 5.32 Å². The van der Waals surface area contributed by atoms with Crippen molar-refractivity contribution in [2.45, 2.75) is 24.9 Å². The van der Waals surface area contributed by atoms with Gasteiger partial charge in [0.2, 0.25) is 0 Å². The van der Waals surface area contributed by atoms with Crippen molar-refractivity contribution in [3.8, 4) is 0 Å². The standard InChI is InChI=1S/C12H20N2OS/c1-4-13-10(2)11-6-5-7-14-12(11)16-9-8-15-3/h5-7,10,13H,4,8-9H2,1-3H3.